The molecule has 1 aliphatic rings. The predicted molar refractivity (Wildman–Crippen MR) is 68.4 cm³/mol. The van der Waals surface area contributed by atoms with Crippen LogP contribution >= 0.6 is 0 Å². The molecule has 1 aromatic heterocycles. The molecule has 1 aromatic rings. The average Bonchev–Trinajstić information content (AvgIpc) is 2.39. The molecule has 8 nitrogen and oxygen atoms in total. The first kappa shape index (κ1) is 13.8. The molecular formula is C11H18N4O4. The molecule has 19 heavy (non-hydrogen) atoms. The van der Waals surface area contributed by atoms with Crippen LogP contribution in [0, 0.1) is 0 Å². The van der Waals surface area contributed by atoms with Crippen LogP contribution in [-0.4, -0.2) is 51.4 Å². The highest BCUT2D eigenvalue weighted by molar-refractivity contribution is 5.35. The fourth-order valence-electron chi connectivity index (χ4n) is 2.20. The van der Waals surface area contributed by atoms with Crippen LogP contribution in [0.25, 0.3) is 0 Å². The summed E-state index contributed by atoms with van der Waals surface area (Å²) in [6, 6.07) is 0. The summed E-state index contributed by atoms with van der Waals surface area (Å²) in [6.07, 6.45) is -0.470. The summed E-state index contributed by atoms with van der Waals surface area (Å²) in [5, 5.41) is 13.2. The van der Waals surface area contributed by atoms with Crippen molar-refractivity contribution in [2.45, 2.75) is 19.1 Å². The van der Waals surface area contributed by atoms with Crippen LogP contribution < -0.4 is 16.1 Å². The number of rotatable bonds is 2. The standard InChI is InChI=1S/C11H18N4O4/c1-7-4-15(5-8(6-16)19-7)9-10(17)13(2)11(18)14(3)12-9/h7-8,16H,4-6H2,1-3H3. The van der Waals surface area contributed by atoms with Crippen molar-refractivity contribution in [3.8, 4) is 0 Å². The van der Waals surface area contributed by atoms with Gasteiger partial charge in [-0.15, -0.1) is 5.10 Å². The van der Waals surface area contributed by atoms with Gasteiger partial charge in [0, 0.05) is 27.2 Å². The second kappa shape index (κ2) is 5.14. The Hall–Kier alpha value is -1.67. The molecule has 0 bridgehead atoms. The van der Waals surface area contributed by atoms with Gasteiger partial charge in [-0.1, -0.05) is 0 Å². The summed E-state index contributed by atoms with van der Waals surface area (Å²) in [5.41, 5.74) is -0.900. The Bertz CT molecular complexity index is 579. The Balaban J connectivity index is 2.42. The molecular weight excluding hydrogens is 252 g/mol. The van der Waals surface area contributed by atoms with E-state index in [2.05, 4.69) is 5.10 Å². The summed E-state index contributed by atoms with van der Waals surface area (Å²) in [7, 11) is 2.92. The highest BCUT2D eigenvalue weighted by atomic mass is 16.5. The first-order chi connectivity index (χ1) is 8.93. The Labute approximate surface area is 109 Å². The maximum absolute atomic E-state index is 12.1. The summed E-state index contributed by atoms with van der Waals surface area (Å²) in [5.74, 6) is 0.207. The van der Waals surface area contributed by atoms with Crippen LogP contribution in [0.5, 0.6) is 0 Å². The third kappa shape index (κ3) is 2.54. The van der Waals surface area contributed by atoms with Crippen LogP contribution in [0.3, 0.4) is 0 Å². The van der Waals surface area contributed by atoms with E-state index in [9.17, 15) is 14.7 Å². The van der Waals surface area contributed by atoms with E-state index in [-0.39, 0.29) is 24.6 Å². The summed E-state index contributed by atoms with van der Waals surface area (Å²) < 4.78 is 7.67. The molecule has 106 valence electrons. The second-order valence-corrected chi connectivity index (χ2v) is 4.75. The lowest BCUT2D eigenvalue weighted by atomic mass is 10.2. The van der Waals surface area contributed by atoms with Gasteiger partial charge in [0.15, 0.2) is 0 Å². The molecule has 2 unspecified atom stereocenters. The minimum atomic E-state index is -0.464. The Morgan fingerprint density at radius 3 is 2.68 bits per heavy atom. The number of morpholine rings is 1. The predicted octanol–water partition coefficient (Wildman–Crippen LogP) is -1.93. The lowest BCUT2D eigenvalue weighted by molar-refractivity contribution is -0.0424. The summed E-state index contributed by atoms with van der Waals surface area (Å²) in [6.45, 7) is 2.62. The number of aromatic nitrogens is 3. The SMILES string of the molecule is CC1CN(c2nn(C)c(=O)n(C)c2=O)CC(CO)O1. The van der Waals surface area contributed by atoms with E-state index in [1.54, 1.807) is 4.90 Å². The largest absolute Gasteiger partial charge is 0.394 e. The third-order valence-corrected chi connectivity index (χ3v) is 3.13. The Morgan fingerprint density at radius 1 is 1.37 bits per heavy atom. The van der Waals surface area contributed by atoms with Crippen molar-refractivity contribution in [1.29, 1.82) is 0 Å². The van der Waals surface area contributed by atoms with Crippen LogP contribution in [0.1, 0.15) is 6.92 Å². The number of aliphatic hydroxyl groups excluding tert-OH is 1. The van der Waals surface area contributed by atoms with Crippen LogP contribution in [0.2, 0.25) is 0 Å². The normalized spacial score (nSPS) is 23.7. The van der Waals surface area contributed by atoms with E-state index in [1.165, 1.54) is 14.1 Å². The van der Waals surface area contributed by atoms with Gasteiger partial charge in [-0.2, -0.15) is 0 Å². The van der Waals surface area contributed by atoms with Gasteiger partial charge in [0.1, 0.15) is 0 Å². The molecule has 0 amide bonds. The minimum absolute atomic E-state index is 0.116. The summed E-state index contributed by atoms with van der Waals surface area (Å²) in [4.78, 5) is 25.4. The number of hydrogen-bond acceptors (Lipinski definition) is 6. The van der Waals surface area contributed by atoms with Crippen molar-refractivity contribution in [2.24, 2.45) is 14.1 Å². The van der Waals surface area contributed by atoms with Gasteiger partial charge in [-0.25, -0.2) is 9.48 Å². The minimum Gasteiger partial charge on any atom is -0.394 e. The molecule has 0 saturated carbocycles. The maximum Gasteiger partial charge on any atom is 0.346 e. The smallest absolute Gasteiger partial charge is 0.346 e. The highest BCUT2D eigenvalue weighted by Crippen LogP contribution is 2.14. The number of ether oxygens (including phenoxy) is 1. The van der Waals surface area contributed by atoms with E-state index in [4.69, 9.17) is 4.74 Å². The molecule has 1 fully saturated rings. The Morgan fingerprint density at radius 2 is 2.05 bits per heavy atom. The van der Waals surface area contributed by atoms with Crippen molar-refractivity contribution in [3.63, 3.8) is 0 Å². The molecule has 0 aliphatic carbocycles. The fourth-order valence-corrected chi connectivity index (χ4v) is 2.20. The van der Waals surface area contributed by atoms with Crippen molar-refractivity contribution < 1.29 is 9.84 Å². The topological polar surface area (TPSA) is 89.6 Å². The molecule has 1 saturated heterocycles. The molecule has 2 atom stereocenters. The first-order valence-corrected chi connectivity index (χ1v) is 6.09. The van der Waals surface area contributed by atoms with Crippen molar-refractivity contribution in [2.75, 3.05) is 24.6 Å². The number of anilines is 1. The molecule has 2 heterocycles. The van der Waals surface area contributed by atoms with Crippen LogP contribution in [-0.2, 0) is 18.8 Å². The number of nitrogens with zero attached hydrogens (tertiary/aromatic N) is 4. The van der Waals surface area contributed by atoms with Gasteiger partial charge in [-0.3, -0.25) is 9.36 Å². The van der Waals surface area contributed by atoms with E-state index in [0.29, 0.717) is 13.1 Å². The molecule has 8 heteroatoms. The zero-order valence-corrected chi connectivity index (χ0v) is 11.2. The lowest BCUT2D eigenvalue weighted by Gasteiger charge is -2.36. The molecule has 0 radical (unpaired) electrons. The van der Waals surface area contributed by atoms with Gasteiger partial charge in [0.2, 0.25) is 5.82 Å². The molecule has 0 aromatic carbocycles. The van der Waals surface area contributed by atoms with Gasteiger partial charge in [-0.05, 0) is 6.92 Å². The lowest BCUT2D eigenvalue weighted by Crippen LogP contribution is -2.52. The Kier molecular flexibility index (Phi) is 3.72. The summed E-state index contributed by atoms with van der Waals surface area (Å²) >= 11 is 0. The molecule has 1 aliphatic heterocycles. The first-order valence-electron chi connectivity index (χ1n) is 6.09. The molecule has 2 rings (SSSR count). The maximum atomic E-state index is 12.1. The van der Waals surface area contributed by atoms with Crippen molar-refractivity contribution in [1.82, 2.24) is 14.3 Å². The third-order valence-electron chi connectivity index (χ3n) is 3.13. The molecule has 1 N–H and O–H groups in total. The fraction of sp³-hybridized carbons (Fsp3) is 0.727. The number of aliphatic hydroxyl groups is 1. The van der Waals surface area contributed by atoms with E-state index >= 15 is 0 Å². The zero-order chi connectivity index (χ0) is 14.2. The van der Waals surface area contributed by atoms with E-state index in [1.807, 2.05) is 6.92 Å². The monoisotopic (exact) mass is 270 g/mol. The van der Waals surface area contributed by atoms with Crippen LogP contribution in [0.15, 0.2) is 9.59 Å². The van der Waals surface area contributed by atoms with Gasteiger partial charge in [0.05, 0.1) is 18.8 Å². The highest BCUT2D eigenvalue weighted by Gasteiger charge is 2.28. The van der Waals surface area contributed by atoms with Crippen LogP contribution in [0.4, 0.5) is 5.82 Å². The average molecular weight is 270 g/mol. The second-order valence-electron chi connectivity index (χ2n) is 4.75. The number of aryl methyl sites for hydroxylation is 1. The van der Waals surface area contributed by atoms with Crippen molar-refractivity contribution >= 4 is 5.82 Å². The van der Waals surface area contributed by atoms with Crippen molar-refractivity contribution in [3.05, 3.63) is 20.8 Å². The van der Waals surface area contributed by atoms with E-state index < -0.39 is 11.2 Å². The van der Waals surface area contributed by atoms with Gasteiger partial charge < -0.3 is 14.7 Å². The van der Waals surface area contributed by atoms with E-state index in [0.717, 1.165) is 9.25 Å². The zero-order valence-electron chi connectivity index (χ0n) is 11.2. The van der Waals surface area contributed by atoms with Gasteiger partial charge in [0.25, 0.3) is 5.56 Å². The quantitative estimate of drug-likeness (QED) is 0.673. The van der Waals surface area contributed by atoms with Gasteiger partial charge >= 0.3 is 5.69 Å². The molecule has 0 spiro atoms. The number of hydrogen-bond donors (Lipinski definition) is 1.